The number of anilines is 1. The van der Waals surface area contributed by atoms with E-state index in [-0.39, 0.29) is 11.3 Å². The predicted molar refractivity (Wildman–Crippen MR) is 134 cm³/mol. The number of rotatable bonds is 5. The molecule has 0 aliphatic heterocycles. The van der Waals surface area contributed by atoms with Crippen LogP contribution < -0.4 is 15.5 Å². The summed E-state index contributed by atoms with van der Waals surface area (Å²) in [6, 6.07) is 31.3. The van der Waals surface area contributed by atoms with Gasteiger partial charge in [-0.15, -0.1) is 0 Å². The van der Waals surface area contributed by atoms with Gasteiger partial charge in [-0.05, 0) is 65.7 Å². The molecule has 0 saturated carbocycles. The van der Waals surface area contributed by atoms with Crippen molar-refractivity contribution in [3.05, 3.63) is 119 Å². The van der Waals surface area contributed by atoms with E-state index < -0.39 is 0 Å². The highest BCUT2D eigenvalue weighted by Crippen LogP contribution is 2.26. The number of carbonyl (C=O) groups excluding carboxylic acids is 1. The molecule has 5 heteroatoms. The molecule has 5 aromatic rings. The summed E-state index contributed by atoms with van der Waals surface area (Å²) in [4.78, 5) is 25.2. The van der Waals surface area contributed by atoms with Gasteiger partial charge in [0.25, 0.3) is 5.91 Å². The van der Waals surface area contributed by atoms with E-state index in [0.29, 0.717) is 33.7 Å². The molecule has 0 atom stereocenters. The molecule has 1 amide bonds. The monoisotopic (exact) mass is 447 g/mol. The fourth-order valence-corrected chi connectivity index (χ4v) is 3.77. The number of ether oxygens (including phenoxy) is 1. The number of benzene rings is 4. The third kappa shape index (κ3) is 4.32. The molecule has 34 heavy (non-hydrogen) atoms. The smallest absolute Gasteiger partial charge is 0.255 e. The summed E-state index contributed by atoms with van der Waals surface area (Å²) in [5, 5.41) is 3.37. The summed E-state index contributed by atoms with van der Waals surface area (Å²) in [6.07, 6.45) is 0. The Morgan fingerprint density at radius 3 is 2.15 bits per heavy atom. The first-order valence-electron chi connectivity index (χ1n) is 10.8. The van der Waals surface area contributed by atoms with Gasteiger partial charge in [0.15, 0.2) is 5.43 Å². The lowest BCUT2D eigenvalue weighted by molar-refractivity contribution is 0.102. The lowest BCUT2D eigenvalue weighted by Crippen LogP contribution is -2.11. The van der Waals surface area contributed by atoms with Gasteiger partial charge < -0.3 is 14.5 Å². The van der Waals surface area contributed by atoms with Crippen molar-refractivity contribution in [3.63, 3.8) is 0 Å². The lowest BCUT2D eigenvalue weighted by Gasteiger charge is -2.08. The van der Waals surface area contributed by atoms with E-state index in [9.17, 15) is 9.59 Å². The van der Waals surface area contributed by atoms with Crippen molar-refractivity contribution in [1.29, 1.82) is 0 Å². The molecule has 166 valence electrons. The molecular formula is C29H21NO4. The van der Waals surface area contributed by atoms with E-state index in [0.717, 1.165) is 16.7 Å². The molecule has 1 aromatic heterocycles. The van der Waals surface area contributed by atoms with Gasteiger partial charge >= 0.3 is 0 Å². The zero-order chi connectivity index (χ0) is 23.5. The van der Waals surface area contributed by atoms with Gasteiger partial charge in [-0.3, -0.25) is 9.59 Å². The average Bonchev–Trinajstić information content (AvgIpc) is 2.89. The Kier molecular flexibility index (Phi) is 5.67. The molecule has 0 unspecified atom stereocenters. The minimum Gasteiger partial charge on any atom is -0.497 e. The first kappa shape index (κ1) is 21.2. The van der Waals surface area contributed by atoms with E-state index >= 15 is 0 Å². The van der Waals surface area contributed by atoms with Gasteiger partial charge in [0.1, 0.15) is 17.1 Å². The zero-order valence-electron chi connectivity index (χ0n) is 18.4. The van der Waals surface area contributed by atoms with Gasteiger partial charge in [-0.2, -0.15) is 0 Å². The highest BCUT2D eigenvalue weighted by molar-refractivity contribution is 6.04. The quantitative estimate of drug-likeness (QED) is 0.339. The molecule has 0 fully saturated rings. The van der Waals surface area contributed by atoms with Gasteiger partial charge in [0.2, 0.25) is 0 Å². The highest BCUT2D eigenvalue weighted by Gasteiger charge is 2.10. The zero-order valence-corrected chi connectivity index (χ0v) is 18.4. The van der Waals surface area contributed by atoms with Gasteiger partial charge in [-0.1, -0.05) is 42.5 Å². The van der Waals surface area contributed by atoms with Crippen LogP contribution in [0.25, 0.3) is 33.4 Å². The minimum absolute atomic E-state index is 0.147. The third-order valence-electron chi connectivity index (χ3n) is 5.62. The summed E-state index contributed by atoms with van der Waals surface area (Å²) in [6.45, 7) is 0. The van der Waals surface area contributed by atoms with E-state index in [2.05, 4.69) is 5.32 Å². The van der Waals surface area contributed by atoms with E-state index in [1.165, 1.54) is 6.07 Å². The lowest BCUT2D eigenvalue weighted by atomic mass is 10.0. The van der Waals surface area contributed by atoms with Crippen LogP contribution in [0.5, 0.6) is 5.75 Å². The normalized spacial score (nSPS) is 10.7. The van der Waals surface area contributed by atoms with Crippen LogP contribution in [0.4, 0.5) is 5.69 Å². The second-order valence-electron chi connectivity index (χ2n) is 7.81. The van der Waals surface area contributed by atoms with Crippen LogP contribution >= 0.6 is 0 Å². The van der Waals surface area contributed by atoms with Crippen molar-refractivity contribution in [1.82, 2.24) is 0 Å². The van der Waals surface area contributed by atoms with Gasteiger partial charge in [-0.25, -0.2) is 0 Å². The Bertz CT molecular complexity index is 1520. The summed E-state index contributed by atoms with van der Waals surface area (Å²) < 4.78 is 11.1. The summed E-state index contributed by atoms with van der Waals surface area (Å²) in [5.41, 5.74) is 4.45. The fourth-order valence-electron chi connectivity index (χ4n) is 3.77. The van der Waals surface area contributed by atoms with E-state index in [4.69, 9.17) is 9.15 Å². The largest absolute Gasteiger partial charge is 0.497 e. The predicted octanol–water partition coefficient (Wildman–Crippen LogP) is 6.39. The molecule has 5 nitrogen and oxygen atoms in total. The van der Waals surface area contributed by atoms with E-state index in [1.54, 1.807) is 37.4 Å². The molecule has 5 rings (SSSR count). The molecule has 0 aliphatic carbocycles. The van der Waals surface area contributed by atoms with Crippen molar-refractivity contribution in [2.45, 2.75) is 0 Å². The summed E-state index contributed by atoms with van der Waals surface area (Å²) in [5.74, 6) is 0.859. The highest BCUT2D eigenvalue weighted by atomic mass is 16.5. The fraction of sp³-hybridized carbons (Fsp3) is 0.0345. The second kappa shape index (κ2) is 9.08. The topological polar surface area (TPSA) is 68.5 Å². The first-order valence-corrected chi connectivity index (χ1v) is 10.8. The maximum Gasteiger partial charge on any atom is 0.255 e. The van der Waals surface area contributed by atoms with Crippen LogP contribution in [0.3, 0.4) is 0 Å². The minimum atomic E-state index is -0.196. The first-order chi connectivity index (χ1) is 16.6. The molecular weight excluding hydrogens is 426 g/mol. The Labute approximate surface area is 196 Å². The van der Waals surface area contributed by atoms with Gasteiger partial charge in [0.05, 0.1) is 12.5 Å². The molecule has 0 aliphatic rings. The van der Waals surface area contributed by atoms with Crippen molar-refractivity contribution < 1.29 is 13.9 Å². The summed E-state index contributed by atoms with van der Waals surface area (Å²) >= 11 is 0. The number of fused-ring (bicyclic) bond motifs is 1. The molecule has 0 bridgehead atoms. The van der Waals surface area contributed by atoms with Crippen LogP contribution in [-0.4, -0.2) is 13.0 Å². The second-order valence-corrected chi connectivity index (χ2v) is 7.81. The third-order valence-corrected chi connectivity index (χ3v) is 5.62. The number of methoxy groups -OCH3 is 1. The molecule has 1 N–H and O–H groups in total. The summed E-state index contributed by atoms with van der Waals surface area (Å²) in [7, 11) is 1.55. The number of hydrogen-bond acceptors (Lipinski definition) is 4. The van der Waals surface area contributed by atoms with Crippen molar-refractivity contribution in [2.24, 2.45) is 0 Å². The SMILES string of the molecule is COc1ccc2oc(-c3ccc(NC(=O)c4ccc(-c5ccccc5)cc4)cc3)cc(=O)c2c1. The molecule has 0 spiro atoms. The molecule has 0 saturated heterocycles. The number of carbonyl (C=O) groups is 1. The Balaban J connectivity index is 1.32. The standard InChI is InChI=1S/C29H21NO4/c1-33-24-15-16-27-25(17-24)26(31)18-28(34-27)21-11-13-23(14-12-21)30-29(32)22-9-7-20(8-10-22)19-5-3-2-4-6-19/h2-18H,1H3,(H,30,32). The van der Waals surface area contributed by atoms with E-state index in [1.807, 2.05) is 66.7 Å². The number of amides is 1. The van der Waals surface area contributed by atoms with Crippen molar-refractivity contribution in [2.75, 3.05) is 12.4 Å². The number of nitrogens with one attached hydrogen (secondary N) is 1. The maximum absolute atomic E-state index is 12.7. The van der Waals surface area contributed by atoms with Crippen LogP contribution in [-0.2, 0) is 0 Å². The Morgan fingerprint density at radius 1 is 0.765 bits per heavy atom. The van der Waals surface area contributed by atoms with Crippen molar-refractivity contribution >= 4 is 22.6 Å². The molecule has 0 radical (unpaired) electrons. The average molecular weight is 447 g/mol. The molecule has 1 heterocycles. The van der Waals surface area contributed by atoms with Gasteiger partial charge in [0, 0.05) is 22.9 Å². The van der Waals surface area contributed by atoms with Crippen LogP contribution in [0, 0.1) is 0 Å². The van der Waals surface area contributed by atoms with Crippen molar-refractivity contribution in [3.8, 4) is 28.2 Å². The Hall–Kier alpha value is -4.64. The Morgan fingerprint density at radius 2 is 1.44 bits per heavy atom. The number of hydrogen-bond donors (Lipinski definition) is 1. The van der Waals surface area contributed by atoms with Crippen LogP contribution in [0.1, 0.15) is 10.4 Å². The van der Waals surface area contributed by atoms with Crippen LogP contribution in [0.2, 0.25) is 0 Å². The molecule has 4 aromatic carbocycles. The van der Waals surface area contributed by atoms with Crippen LogP contribution in [0.15, 0.2) is 112 Å². The maximum atomic E-state index is 12.7.